The summed E-state index contributed by atoms with van der Waals surface area (Å²) in [6, 6.07) is 8.49. The number of aryl methyl sites for hydroxylation is 1. The highest BCUT2D eigenvalue weighted by molar-refractivity contribution is 5.42. The van der Waals surface area contributed by atoms with Crippen LogP contribution in [0.15, 0.2) is 18.2 Å². The number of ether oxygens (including phenoxy) is 2. The first kappa shape index (κ1) is 13.9. The van der Waals surface area contributed by atoms with E-state index in [-0.39, 0.29) is 6.04 Å². The molecule has 0 saturated carbocycles. The molecule has 1 saturated heterocycles. The van der Waals surface area contributed by atoms with Gasteiger partial charge in [-0.1, -0.05) is 19.1 Å². The van der Waals surface area contributed by atoms with Crippen LogP contribution < -0.4 is 10.1 Å². The van der Waals surface area contributed by atoms with E-state index in [0.29, 0.717) is 13.2 Å². The van der Waals surface area contributed by atoms with Crippen molar-refractivity contribution in [2.75, 3.05) is 27.4 Å². The lowest BCUT2D eigenvalue weighted by Crippen LogP contribution is -2.50. The molecule has 0 radical (unpaired) electrons. The highest BCUT2D eigenvalue weighted by Gasteiger charge is 2.47. The number of nitriles is 1. The molecule has 19 heavy (non-hydrogen) atoms. The topological polar surface area (TPSA) is 54.3 Å². The number of nitrogens with one attached hydrogen (secondary N) is 1. The van der Waals surface area contributed by atoms with E-state index >= 15 is 0 Å². The number of benzene rings is 1. The summed E-state index contributed by atoms with van der Waals surface area (Å²) in [7, 11) is 3.54. The summed E-state index contributed by atoms with van der Waals surface area (Å²) in [6.45, 7) is 3.05. The van der Waals surface area contributed by atoms with Gasteiger partial charge in [0, 0.05) is 5.56 Å². The average Bonchev–Trinajstić information content (AvgIpc) is 2.42. The van der Waals surface area contributed by atoms with Crippen molar-refractivity contribution >= 4 is 0 Å². The van der Waals surface area contributed by atoms with Crippen molar-refractivity contribution in [3.63, 3.8) is 0 Å². The standard InChI is InChI=1S/C15H20N2O2/c1-4-11-5-6-13(18-3)12(7-11)14(17-2)15(8-16)9-19-10-15/h5-7,14,17H,4,9-10H2,1-3H3. The Balaban J connectivity index is 2.45. The molecule has 0 spiro atoms. The van der Waals surface area contributed by atoms with E-state index in [4.69, 9.17) is 9.47 Å². The Kier molecular flexibility index (Phi) is 4.08. The van der Waals surface area contributed by atoms with Crippen LogP contribution >= 0.6 is 0 Å². The Morgan fingerprint density at radius 1 is 1.53 bits per heavy atom. The van der Waals surface area contributed by atoms with Crippen molar-refractivity contribution in [3.05, 3.63) is 29.3 Å². The largest absolute Gasteiger partial charge is 0.496 e. The number of nitrogens with zero attached hydrogens (tertiary/aromatic N) is 1. The van der Waals surface area contributed by atoms with Gasteiger partial charge in [-0.15, -0.1) is 0 Å². The van der Waals surface area contributed by atoms with Gasteiger partial charge in [-0.05, 0) is 25.1 Å². The number of methoxy groups -OCH3 is 1. The molecule has 1 aliphatic heterocycles. The molecule has 1 atom stereocenters. The van der Waals surface area contributed by atoms with Gasteiger partial charge >= 0.3 is 0 Å². The van der Waals surface area contributed by atoms with Gasteiger partial charge in [0.1, 0.15) is 11.2 Å². The fourth-order valence-corrected chi connectivity index (χ4v) is 2.58. The summed E-state index contributed by atoms with van der Waals surface area (Å²) in [6.07, 6.45) is 0.962. The van der Waals surface area contributed by atoms with Gasteiger partial charge in [0.2, 0.25) is 0 Å². The lowest BCUT2D eigenvalue weighted by molar-refractivity contribution is -0.0966. The van der Waals surface area contributed by atoms with Crippen LogP contribution in [0.25, 0.3) is 0 Å². The van der Waals surface area contributed by atoms with Crippen LogP contribution in [0.5, 0.6) is 5.75 Å². The maximum atomic E-state index is 9.48. The fraction of sp³-hybridized carbons (Fsp3) is 0.533. The summed E-state index contributed by atoms with van der Waals surface area (Å²) in [5.41, 5.74) is 1.78. The van der Waals surface area contributed by atoms with Gasteiger partial charge in [0.25, 0.3) is 0 Å². The zero-order valence-corrected chi connectivity index (χ0v) is 11.7. The van der Waals surface area contributed by atoms with E-state index in [1.54, 1.807) is 7.11 Å². The smallest absolute Gasteiger partial charge is 0.123 e. The molecular weight excluding hydrogens is 240 g/mol. The molecule has 1 unspecified atom stereocenters. The summed E-state index contributed by atoms with van der Waals surface area (Å²) in [5.74, 6) is 0.818. The second-order valence-electron chi connectivity index (χ2n) is 4.91. The minimum absolute atomic E-state index is 0.0762. The van der Waals surface area contributed by atoms with Crippen LogP contribution in [0.3, 0.4) is 0 Å². The summed E-state index contributed by atoms with van der Waals surface area (Å²) in [5, 5.41) is 12.7. The van der Waals surface area contributed by atoms with Crippen molar-refractivity contribution in [1.82, 2.24) is 5.32 Å². The van der Waals surface area contributed by atoms with Gasteiger partial charge in [0.05, 0.1) is 32.4 Å². The van der Waals surface area contributed by atoms with Gasteiger partial charge < -0.3 is 14.8 Å². The quantitative estimate of drug-likeness (QED) is 0.880. The Labute approximate surface area is 114 Å². The Morgan fingerprint density at radius 2 is 2.26 bits per heavy atom. The molecule has 2 rings (SSSR count). The summed E-state index contributed by atoms with van der Waals surface area (Å²) in [4.78, 5) is 0. The highest BCUT2D eigenvalue weighted by atomic mass is 16.5. The monoisotopic (exact) mass is 260 g/mol. The third-order valence-corrected chi connectivity index (χ3v) is 3.80. The molecule has 4 heteroatoms. The number of hydrogen-bond acceptors (Lipinski definition) is 4. The Hall–Kier alpha value is -1.57. The molecule has 1 aromatic carbocycles. The molecule has 0 bridgehead atoms. The molecule has 0 aliphatic carbocycles. The van der Waals surface area contributed by atoms with Crippen LogP contribution in [0, 0.1) is 16.7 Å². The molecule has 1 N–H and O–H groups in total. The Bertz CT molecular complexity index is 489. The zero-order chi connectivity index (χ0) is 13.9. The van der Waals surface area contributed by atoms with E-state index < -0.39 is 5.41 Å². The van der Waals surface area contributed by atoms with Crippen molar-refractivity contribution in [2.24, 2.45) is 5.41 Å². The second kappa shape index (κ2) is 5.60. The van der Waals surface area contributed by atoms with Crippen LogP contribution in [0.1, 0.15) is 24.1 Å². The first-order valence-electron chi connectivity index (χ1n) is 6.54. The summed E-state index contributed by atoms with van der Waals surface area (Å²) >= 11 is 0. The average molecular weight is 260 g/mol. The van der Waals surface area contributed by atoms with Crippen molar-refractivity contribution < 1.29 is 9.47 Å². The molecule has 102 valence electrons. The van der Waals surface area contributed by atoms with Crippen LogP contribution in [-0.4, -0.2) is 27.4 Å². The van der Waals surface area contributed by atoms with Crippen molar-refractivity contribution in [3.8, 4) is 11.8 Å². The molecule has 0 aromatic heterocycles. The molecule has 1 aromatic rings. The van der Waals surface area contributed by atoms with E-state index in [0.717, 1.165) is 17.7 Å². The molecule has 1 heterocycles. The maximum absolute atomic E-state index is 9.48. The lowest BCUT2D eigenvalue weighted by Gasteiger charge is -2.42. The molecule has 1 fully saturated rings. The third kappa shape index (κ3) is 2.32. The van der Waals surface area contributed by atoms with E-state index in [1.165, 1.54) is 5.56 Å². The lowest BCUT2D eigenvalue weighted by atomic mass is 9.76. The van der Waals surface area contributed by atoms with E-state index in [2.05, 4.69) is 30.4 Å². The zero-order valence-electron chi connectivity index (χ0n) is 11.7. The van der Waals surface area contributed by atoms with Crippen molar-refractivity contribution in [2.45, 2.75) is 19.4 Å². The Morgan fingerprint density at radius 3 is 2.68 bits per heavy atom. The predicted molar refractivity (Wildman–Crippen MR) is 73.0 cm³/mol. The van der Waals surface area contributed by atoms with E-state index in [9.17, 15) is 5.26 Å². The van der Waals surface area contributed by atoms with Gasteiger partial charge in [-0.25, -0.2) is 0 Å². The van der Waals surface area contributed by atoms with Crippen LogP contribution in [-0.2, 0) is 11.2 Å². The second-order valence-corrected chi connectivity index (χ2v) is 4.91. The SMILES string of the molecule is CCc1ccc(OC)c(C(NC)C2(C#N)COC2)c1. The highest BCUT2D eigenvalue weighted by Crippen LogP contribution is 2.43. The van der Waals surface area contributed by atoms with Crippen molar-refractivity contribution in [1.29, 1.82) is 5.26 Å². The van der Waals surface area contributed by atoms with Gasteiger partial charge in [-0.3, -0.25) is 0 Å². The fourth-order valence-electron chi connectivity index (χ4n) is 2.58. The predicted octanol–water partition coefficient (Wildman–Crippen LogP) is 2.06. The number of hydrogen-bond donors (Lipinski definition) is 1. The minimum atomic E-state index is -0.492. The molecule has 4 nitrogen and oxygen atoms in total. The normalized spacial score (nSPS) is 18.2. The van der Waals surface area contributed by atoms with Crippen LogP contribution in [0.2, 0.25) is 0 Å². The molecular formula is C15H20N2O2. The number of rotatable bonds is 5. The molecule has 1 aliphatic rings. The first-order chi connectivity index (χ1) is 9.20. The molecule has 0 amide bonds. The maximum Gasteiger partial charge on any atom is 0.123 e. The van der Waals surface area contributed by atoms with Gasteiger partial charge in [-0.2, -0.15) is 5.26 Å². The van der Waals surface area contributed by atoms with Gasteiger partial charge in [0.15, 0.2) is 0 Å². The third-order valence-electron chi connectivity index (χ3n) is 3.80. The van der Waals surface area contributed by atoms with Crippen LogP contribution in [0.4, 0.5) is 0 Å². The van der Waals surface area contributed by atoms with E-state index in [1.807, 2.05) is 13.1 Å². The first-order valence-corrected chi connectivity index (χ1v) is 6.54. The summed E-state index contributed by atoms with van der Waals surface area (Å²) < 4.78 is 10.7. The minimum Gasteiger partial charge on any atom is -0.496 e.